The molecule has 1 saturated carbocycles. The molecule has 2 nitrogen and oxygen atoms in total. The first kappa shape index (κ1) is 13.7. The molecule has 2 atom stereocenters. The predicted molar refractivity (Wildman–Crippen MR) is 82.0 cm³/mol. The van der Waals surface area contributed by atoms with Gasteiger partial charge in [0.25, 0.3) is 0 Å². The molecule has 19 heavy (non-hydrogen) atoms. The first-order valence-electron chi connectivity index (χ1n) is 7.01. The lowest BCUT2D eigenvalue weighted by Gasteiger charge is -2.20. The molecule has 1 aliphatic heterocycles. The summed E-state index contributed by atoms with van der Waals surface area (Å²) in [6.07, 6.45) is 4.82. The lowest BCUT2D eigenvalue weighted by Crippen LogP contribution is -2.32. The van der Waals surface area contributed by atoms with Gasteiger partial charge in [0.1, 0.15) is 5.75 Å². The summed E-state index contributed by atoms with van der Waals surface area (Å²) in [5, 5.41) is 3.67. The Morgan fingerprint density at radius 1 is 1.37 bits per heavy atom. The molecule has 1 aliphatic carbocycles. The molecule has 1 fully saturated rings. The maximum atomic E-state index is 6.03. The van der Waals surface area contributed by atoms with Crippen LogP contribution in [0.2, 0.25) is 0 Å². The first-order chi connectivity index (χ1) is 9.28. The third kappa shape index (κ3) is 2.93. The number of rotatable bonds is 4. The quantitative estimate of drug-likeness (QED) is 0.837. The Balaban J connectivity index is 1.70. The van der Waals surface area contributed by atoms with E-state index in [1.807, 2.05) is 0 Å². The van der Waals surface area contributed by atoms with E-state index in [1.54, 1.807) is 0 Å². The van der Waals surface area contributed by atoms with Crippen molar-refractivity contribution in [2.24, 2.45) is 5.92 Å². The van der Waals surface area contributed by atoms with Crippen LogP contribution < -0.4 is 10.1 Å². The molecule has 3 rings (SSSR count). The molecule has 0 radical (unpaired) electrons. The molecule has 1 heterocycles. The zero-order valence-electron chi connectivity index (χ0n) is 10.9. The molecule has 0 saturated heterocycles. The van der Waals surface area contributed by atoms with E-state index in [4.69, 9.17) is 16.3 Å². The van der Waals surface area contributed by atoms with Crippen LogP contribution in [0.4, 0.5) is 0 Å². The Hall–Kier alpha value is -0.250. The summed E-state index contributed by atoms with van der Waals surface area (Å²) >= 11 is 9.62. The number of alkyl halides is 1. The largest absolute Gasteiger partial charge is 0.493 e. The molecular formula is C15H19BrClNO. The van der Waals surface area contributed by atoms with Gasteiger partial charge in [-0.25, -0.2) is 0 Å². The van der Waals surface area contributed by atoms with Crippen LogP contribution in [0.3, 0.4) is 0 Å². The van der Waals surface area contributed by atoms with E-state index in [-0.39, 0.29) is 0 Å². The van der Waals surface area contributed by atoms with Crippen molar-refractivity contribution in [3.8, 4) is 5.75 Å². The summed E-state index contributed by atoms with van der Waals surface area (Å²) in [5.41, 5.74) is 2.59. The fourth-order valence-corrected chi connectivity index (χ4v) is 4.13. The highest BCUT2D eigenvalue weighted by molar-refractivity contribution is 9.10. The number of benzene rings is 1. The highest BCUT2D eigenvalue weighted by atomic mass is 79.9. The Kier molecular flexibility index (Phi) is 4.35. The number of fused-ring (bicyclic) bond motifs is 1. The molecular weight excluding hydrogens is 326 g/mol. The van der Waals surface area contributed by atoms with E-state index in [2.05, 4.69) is 33.4 Å². The second kappa shape index (κ2) is 6.02. The van der Waals surface area contributed by atoms with Gasteiger partial charge in [0.05, 0.1) is 6.61 Å². The number of halogens is 2. The summed E-state index contributed by atoms with van der Waals surface area (Å²) in [6.45, 7) is 1.69. The van der Waals surface area contributed by atoms with Crippen LogP contribution in [-0.2, 0) is 13.0 Å². The number of ether oxygens (including phenoxy) is 1. The van der Waals surface area contributed by atoms with Crippen LogP contribution in [0, 0.1) is 5.92 Å². The van der Waals surface area contributed by atoms with Gasteiger partial charge in [-0.05, 0) is 36.5 Å². The maximum absolute atomic E-state index is 6.03. The molecule has 2 unspecified atom stereocenters. The van der Waals surface area contributed by atoms with Crippen molar-refractivity contribution < 1.29 is 4.74 Å². The average molecular weight is 345 g/mol. The SMILES string of the molecule is ClCC1CCCC1NCc1cc(Br)cc2c1OCC2. The molecule has 0 amide bonds. The summed E-state index contributed by atoms with van der Waals surface area (Å²) in [7, 11) is 0. The molecule has 104 valence electrons. The van der Waals surface area contributed by atoms with E-state index >= 15 is 0 Å². The second-order valence-electron chi connectivity index (χ2n) is 5.48. The fourth-order valence-electron chi connectivity index (χ4n) is 3.21. The van der Waals surface area contributed by atoms with Crippen molar-refractivity contribution in [3.63, 3.8) is 0 Å². The van der Waals surface area contributed by atoms with E-state index in [9.17, 15) is 0 Å². The van der Waals surface area contributed by atoms with Crippen molar-refractivity contribution >= 4 is 27.5 Å². The van der Waals surface area contributed by atoms with Gasteiger partial charge in [-0.3, -0.25) is 0 Å². The summed E-state index contributed by atoms with van der Waals surface area (Å²) < 4.78 is 6.91. The molecule has 1 N–H and O–H groups in total. The van der Waals surface area contributed by atoms with Gasteiger partial charge in [-0.15, -0.1) is 11.6 Å². The van der Waals surface area contributed by atoms with Gasteiger partial charge >= 0.3 is 0 Å². The van der Waals surface area contributed by atoms with E-state index in [0.29, 0.717) is 12.0 Å². The fraction of sp³-hybridized carbons (Fsp3) is 0.600. The Morgan fingerprint density at radius 3 is 3.11 bits per heavy atom. The summed E-state index contributed by atoms with van der Waals surface area (Å²) in [5.74, 6) is 2.49. The van der Waals surface area contributed by atoms with Crippen molar-refractivity contribution in [2.45, 2.75) is 38.3 Å². The second-order valence-corrected chi connectivity index (χ2v) is 6.71. The third-order valence-electron chi connectivity index (χ3n) is 4.24. The van der Waals surface area contributed by atoms with Gasteiger partial charge in [0, 0.05) is 34.9 Å². The van der Waals surface area contributed by atoms with E-state index in [0.717, 1.165) is 35.7 Å². The molecule has 1 aromatic rings. The maximum Gasteiger partial charge on any atom is 0.127 e. The molecule has 1 aromatic carbocycles. The van der Waals surface area contributed by atoms with Crippen LogP contribution in [0.5, 0.6) is 5.75 Å². The summed E-state index contributed by atoms with van der Waals surface area (Å²) in [4.78, 5) is 0. The molecule has 0 bridgehead atoms. The Bertz CT molecular complexity index is 466. The minimum absolute atomic E-state index is 0.563. The average Bonchev–Trinajstić information content (AvgIpc) is 3.03. The minimum Gasteiger partial charge on any atom is -0.493 e. The van der Waals surface area contributed by atoms with Crippen molar-refractivity contribution in [1.29, 1.82) is 0 Å². The number of hydrogen-bond acceptors (Lipinski definition) is 2. The molecule has 4 heteroatoms. The zero-order chi connectivity index (χ0) is 13.2. The van der Waals surface area contributed by atoms with Crippen LogP contribution in [-0.4, -0.2) is 18.5 Å². The van der Waals surface area contributed by atoms with Crippen LogP contribution >= 0.6 is 27.5 Å². The van der Waals surface area contributed by atoms with Crippen molar-refractivity contribution in [2.75, 3.05) is 12.5 Å². The standard InChI is InChI=1S/C15H19BrClNO/c16-13-6-10-4-5-19-15(10)12(7-13)9-18-14-3-1-2-11(14)8-17/h6-7,11,14,18H,1-5,8-9H2. The molecule has 2 aliphatic rings. The van der Waals surface area contributed by atoms with E-state index < -0.39 is 0 Å². The lowest BCUT2D eigenvalue weighted by atomic mass is 10.0. The van der Waals surface area contributed by atoms with Crippen molar-refractivity contribution in [3.05, 3.63) is 27.7 Å². The first-order valence-corrected chi connectivity index (χ1v) is 8.34. The highest BCUT2D eigenvalue weighted by Crippen LogP contribution is 2.33. The van der Waals surface area contributed by atoms with Gasteiger partial charge in [-0.1, -0.05) is 22.4 Å². The third-order valence-corrected chi connectivity index (χ3v) is 5.09. The Labute approximate surface area is 128 Å². The highest BCUT2D eigenvalue weighted by Gasteiger charge is 2.26. The lowest BCUT2D eigenvalue weighted by molar-refractivity contribution is 0.349. The number of hydrogen-bond donors (Lipinski definition) is 1. The smallest absolute Gasteiger partial charge is 0.127 e. The monoisotopic (exact) mass is 343 g/mol. The van der Waals surface area contributed by atoms with Gasteiger partial charge in [0.2, 0.25) is 0 Å². The van der Waals surface area contributed by atoms with Crippen molar-refractivity contribution in [1.82, 2.24) is 5.32 Å². The number of nitrogens with one attached hydrogen (secondary N) is 1. The zero-order valence-corrected chi connectivity index (χ0v) is 13.3. The van der Waals surface area contributed by atoms with E-state index in [1.165, 1.54) is 30.4 Å². The van der Waals surface area contributed by atoms with Crippen LogP contribution in [0.25, 0.3) is 0 Å². The van der Waals surface area contributed by atoms with Gasteiger partial charge < -0.3 is 10.1 Å². The van der Waals surface area contributed by atoms with Gasteiger partial charge in [-0.2, -0.15) is 0 Å². The normalized spacial score (nSPS) is 25.4. The van der Waals surface area contributed by atoms with Gasteiger partial charge in [0.15, 0.2) is 0 Å². The van der Waals surface area contributed by atoms with Crippen LogP contribution in [0.1, 0.15) is 30.4 Å². The Morgan fingerprint density at radius 2 is 2.26 bits per heavy atom. The summed E-state index contributed by atoms with van der Waals surface area (Å²) in [6, 6.07) is 4.90. The topological polar surface area (TPSA) is 21.3 Å². The predicted octanol–water partition coefficient (Wildman–Crippen LogP) is 3.88. The minimum atomic E-state index is 0.563. The molecule has 0 spiro atoms. The molecule has 0 aromatic heterocycles. The van der Waals surface area contributed by atoms with Crippen LogP contribution in [0.15, 0.2) is 16.6 Å².